The van der Waals surface area contributed by atoms with Crippen LogP contribution in [0.3, 0.4) is 0 Å². The van der Waals surface area contributed by atoms with Crippen LogP contribution in [0.5, 0.6) is 28.7 Å². The van der Waals surface area contributed by atoms with E-state index in [-0.39, 0.29) is 5.66 Å². The van der Waals surface area contributed by atoms with E-state index in [0.29, 0.717) is 28.7 Å². The van der Waals surface area contributed by atoms with E-state index in [0.717, 1.165) is 0 Å². The van der Waals surface area contributed by atoms with Crippen LogP contribution < -0.4 is 22.6 Å². The lowest BCUT2D eigenvalue weighted by Crippen LogP contribution is -2.12. The molecular formula is C33H32N3O5P3. The first kappa shape index (κ1) is 29.8. The molecule has 0 aliphatic carbocycles. The van der Waals surface area contributed by atoms with Gasteiger partial charge in [-0.25, -0.2) is 0 Å². The molecule has 0 spiro atoms. The molecule has 44 heavy (non-hydrogen) atoms. The van der Waals surface area contributed by atoms with Crippen LogP contribution in [0.2, 0.25) is 0 Å². The van der Waals surface area contributed by atoms with Gasteiger partial charge in [-0.2, -0.15) is 0 Å². The van der Waals surface area contributed by atoms with Crippen molar-refractivity contribution in [1.82, 2.24) is 0 Å². The number of rotatable bonds is 11. The zero-order valence-electron chi connectivity index (χ0n) is 24.2. The van der Waals surface area contributed by atoms with E-state index in [1.54, 1.807) is 0 Å². The van der Waals surface area contributed by atoms with E-state index in [1.165, 1.54) is 0 Å². The van der Waals surface area contributed by atoms with Crippen LogP contribution in [0.15, 0.2) is 165 Å². The van der Waals surface area contributed by atoms with Gasteiger partial charge in [0.1, 0.15) is 28.7 Å². The van der Waals surface area contributed by atoms with Gasteiger partial charge in [0.25, 0.3) is 7.43 Å². The van der Waals surface area contributed by atoms with Gasteiger partial charge in [-0.3, -0.25) is 0 Å². The van der Waals surface area contributed by atoms with Crippen molar-refractivity contribution in [1.29, 1.82) is 0 Å². The second-order valence-electron chi connectivity index (χ2n) is 9.95. The van der Waals surface area contributed by atoms with Crippen LogP contribution in [-0.4, -0.2) is 5.66 Å². The first-order valence-corrected chi connectivity index (χ1v) is 18.8. The summed E-state index contributed by atoms with van der Waals surface area (Å²) in [7, 11) is -10.5. The Morgan fingerprint density at radius 1 is 0.364 bits per heavy atom. The summed E-state index contributed by atoms with van der Waals surface area (Å²) in [6.07, 6.45) is 0. The van der Waals surface area contributed by atoms with Crippen LogP contribution in [0.25, 0.3) is 0 Å². The van der Waals surface area contributed by atoms with Crippen LogP contribution in [0.1, 0.15) is 13.8 Å². The molecular weight excluding hydrogens is 611 g/mol. The van der Waals surface area contributed by atoms with E-state index in [1.807, 2.05) is 166 Å². The normalized spacial score (nSPS) is 18.1. The smallest absolute Gasteiger partial charge is 0.441 e. The van der Waals surface area contributed by atoms with E-state index in [4.69, 9.17) is 36.2 Å². The molecule has 0 amide bonds. The zero-order valence-corrected chi connectivity index (χ0v) is 26.9. The van der Waals surface area contributed by atoms with E-state index < -0.39 is 22.8 Å². The van der Waals surface area contributed by atoms with Crippen molar-refractivity contribution in [3.63, 3.8) is 0 Å². The summed E-state index contributed by atoms with van der Waals surface area (Å²) in [6.45, 7) is 4.04. The third kappa shape index (κ3) is 7.11. The second-order valence-corrected chi connectivity index (χ2v) is 17.2. The summed E-state index contributed by atoms with van der Waals surface area (Å²) < 4.78 is 49.5. The molecule has 1 unspecified atom stereocenters. The van der Waals surface area contributed by atoms with E-state index in [9.17, 15) is 0 Å². The quantitative estimate of drug-likeness (QED) is 0.134. The number of hydrogen-bond acceptors (Lipinski definition) is 8. The fourth-order valence-corrected chi connectivity index (χ4v) is 14.7. The molecule has 1 heterocycles. The topological polar surface area (TPSA) is 83.2 Å². The molecule has 6 rings (SSSR count). The molecule has 5 aromatic carbocycles. The number of nitrogens with zero attached hydrogens (tertiary/aromatic N) is 3. The maximum Gasteiger partial charge on any atom is 0.458 e. The Balaban J connectivity index is 1.67. The van der Waals surface area contributed by atoms with Gasteiger partial charge in [-0.1, -0.05) is 109 Å². The van der Waals surface area contributed by atoms with Crippen molar-refractivity contribution in [3.8, 4) is 28.7 Å². The van der Waals surface area contributed by atoms with Gasteiger partial charge in [0.05, 0.1) is 0 Å². The average Bonchev–Trinajstić information content (AvgIpc) is 3.03. The lowest BCUT2D eigenvalue weighted by molar-refractivity contribution is 0.457. The Morgan fingerprint density at radius 3 is 0.932 bits per heavy atom. The molecule has 0 radical (unpaired) electrons. The summed E-state index contributed by atoms with van der Waals surface area (Å²) in [5.74, 6) is 2.74. The van der Waals surface area contributed by atoms with E-state index >= 15 is 0 Å². The number of para-hydroxylation sites is 5. The minimum Gasteiger partial charge on any atom is -0.441 e. The summed E-state index contributed by atoms with van der Waals surface area (Å²) >= 11 is 0. The van der Waals surface area contributed by atoms with E-state index in [2.05, 4.69) is 0 Å². The molecule has 0 bridgehead atoms. The summed E-state index contributed by atoms with van der Waals surface area (Å²) in [5.41, 5.74) is -0.213. The van der Waals surface area contributed by atoms with Crippen LogP contribution in [0, 0.1) is 0 Å². The van der Waals surface area contributed by atoms with Crippen LogP contribution in [-0.2, 0) is 0 Å². The standard InChI is InChI=1S/C33H32N3O5P3/c1-28(2)42(37-29-18-8-3-9-19-29)34-43(38-30-20-10-4-11-21-30,39-31-22-12-5-13-23-31)36-44(35-42,40-32-24-14-6-15-25-32)41-33-26-16-7-17-27-33/h3-28H,1-2H3. The molecule has 0 fully saturated rings. The lowest BCUT2D eigenvalue weighted by Gasteiger charge is -2.35. The number of hydrogen-bond donors (Lipinski definition) is 0. The summed E-state index contributed by atoms with van der Waals surface area (Å²) in [5, 5.41) is 0. The molecule has 0 aromatic heterocycles. The first-order chi connectivity index (χ1) is 21.5. The first-order valence-electron chi connectivity index (χ1n) is 14.1. The van der Waals surface area contributed by atoms with Crippen LogP contribution in [0.4, 0.5) is 0 Å². The van der Waals surface area contributed by atoms with Crippen LogP contribution >= 0.6 is 22.8 Å². The predicted molar refractivity (Wildman–Crippen MR) is 179 cm³/mol. The van der Waals surface area contributed by atoms with Crippen molar-refractivity contribution in [3.05, 3.63) is 152 Å². The average molecular weight is 644 g/mol. The molecule has 0 N–H and O–H groups in total. The second kappa shape index (κ2) is 13.2. The Bertz CT molecular complexity index is 1660. The van der Waals surface area contributed by atoms with Crippen molar-refractivity contribution in [2.75, 3.05) is 0 Å². The molecule has 5 aromatic rings. The van der Waals surface area contributed by atoms with Crippen molar-refractivity contribution in [2.45, 2.75) is 19.5 Å². The molecule has 8 nitrogen and oxygen atoms in total. The number of benzene rings is 5. The Hall–Kier alpha value is -4.21. The molecule has 11 heteroatoms. The van der Waals surface area contributed by atoms with Crippen molar-refractivity contribution in [2.24, 2.45) is 13.5 Å². The highest BCUT2D eigenvalue weighted by Crippen LogP contribution is 2.79. The maximum atomic E-state index is 6.82. The van der Waals surface area contributed by atoms with Gasteiger partial charge in [0, 0.05) is 5.66 Å². The van der Waals surface area contributed by atoms with Crippen molar-refractivity contribution < 1.29 is 22.6 Å². The highest BCUT2D eigenvalue weighted by Gasteiger charge is 2.47. The molecule has 1 aliphatic heterocycles. The van der Waals surface area contributed by atoms with Gasteiger partial charge in [-0.15, -0.1) is 9.03 Å². The highest BCUT2D eigenvalue weighted by molar-refractivity contribution is 7.80. The van der Waals surface area contributed by atoms with Gasteiger partial charge < -0.3 is 22.6 Å². The SMILES string of the molecule is CC(C)P1(Oc2ccccc2)=NP(Oc2ccccc2)(Oc2ccccc2)=NP(Oc2ccccc2)(Oc2ccccc2)=N1. The molecule has 0 saturated carbocycles. The molecule has 1 aliphatic rings. The van der Waals surface area contributed by atoms with Gasteiger partial charge >= 0.3 is 15.3 Å². The Kier molecular flexibility index (Phi) is 8.95. The fraction of sp³-hybridized carbons (Fsp3) is 0.0909. The summed E-state index contributed by atoms with van der Waals surface area (Å²) in [4.78, 5) is 0. The summed E-state index contributed by atoms with van der Waals surface area (Å²) in [6, 6.07) is 47.0. The molecule has 1 atom stereocenters. The lowest BCUT2D eigenvalue weighted by atomic mass is 10.3. The minimum absolute atomic E-state index is 0.213. The van der Waals surface area contributed by atoms with Crippen molar-refractivity contribution >= 4 is 22.8 Å². The molecule has 0 saturated heterocycles. The van der Waals surface area contributed by atoms with Gasteiger partial charge in [0.2, 0.25) is 0 Å². The maximum absolute atomic E-state index is 6.82. The van der Waals surface area contributed by atoms with Gasteiger partial charge in [0.15, 0.2) is 0 Å². The minimum atomic E-state index is -3.66. The highest BCUT2D eigenvalue weighted by atomic mass is 31.3. The monoisotopic (exact) mass is 643 g/mol. The molecule has 224 valence electrons. The third-order valence-corrected chi connectivity index (χ3v) is 15.5. The Morgan fingerprint density at radius 2 is 0.636 bits per heavy atom. The Labute approximate surface area is 258 Å². The van der Waals surface area contributed by atoms with Gasteiger partial charge in [-0.05, 0) is 60.7 Å². The fourth-order valence-electron chi connectivity index (χ4n) is 4.16. The zero-order chi connectivity index (χ0) is 30.3. The largest absolute Gasteiger partial charge is 0.458 e. The predicted octanol–water partition coefficient (Wildman–Crippen LogP) is 11.7. The third-order valence-electron chi connectivity index (χ3n) is 6.23.